The van der Waals surface area contributed by atoms with E-state index in [1.54, 1.807) is 24.3 Å². The lowest BCUT2D eigenvalue weighted by Gasteiger charge is -2.10. The highest BCUT2D eigenvalue weighted by Gasteiger charge is 2.13. The van der Waals surface area contributed by atoms with Crippen LogP contribution in [0.2, 0.25) is 0 Å². The Kier molecular flexibility index (Phi) is 10.6. The Labute approximate surface area is 145 Å². The van der Waals surface area contributed by atoms with Crippen LogP contribution in [0, 0.1) is 0 Å². The van der Waals surface area contributed by atoms with Crippen LogP contribution >= 0.6 is 0 Å². The lowest BCUT2D eigenvalue weighted by atomic mass is 10.1. The van der Waals surface area contributed by atoms with E-state index in [0.29, 0.717) is 24.3 Å². The number of esters is 2. The van der Waals surface area contributed by atoms with Crippen molar-refractivity contribution in [3.63, 3.8) is 0 Å². The van der Waals surface area contributed by atoms with Crippen molar-refractivity contribution in [3.8, 4) is 11.5 Å². The predicted octanol–water partition coefficient (Wildman–Crippen LogP) is 5.44. The van der Waals surface area contributed by atoms with Crippen molar-refractivity contribution in [3.05, 3.63) is 24.3 Å². The molecule has 0 amide bonds. The number of carbonyl (C=O) groups is 2. The van der Waals surface area contributed by atoms with Crippen molar-refractivity contribution >= 4 is 11.9 Å². The van der Waals surface area contributed by atoms with E-state index in [9.17, 15) is 9.59 Å². The Hall–Kier alpha value is -1.84. The maximum Gasteiger partial charge on any atom is 0.311 e. The maximum absolute atomic E-state index is 11.9. The fourth-order valence-corrected chi connectivity index (χ4v) is 2.34. The molecule has 1 aromatic carbocycles. The minimum Gasteiger partial charge on any atom is -0.423 e. The van der Waals surface area contributed by atoms with Gasteiger partial charge in [0.2, 0.25) is 0 Å². The molecule has 0 saturated carbocycles. The molecule has 0 bridgehead atoms. The highest BCUT2D eigenvalue weighted by molar-refractivity contribution is 5.76. The first kappa shape index (κ1) is 20.2. The molecule has 4 heteroatoms. The Bertz CT molecular complexity index is 496. The monoisotopic (exact) mass is 334 g/mol. The van der Waals surface area contributed by atoms with Crippen LogP contribution in [0.5, 0.6) is 11.5 Å². The first-order chi connectivity index (χ1) is 11.7. The average Bonchev–Trinajstić information content (AvgIpc) is 2.58. The molecule has 0 aromatic heterocycles. The van der Waals surface area contributed by atoms with Gasteiger partial charge in [-0.05, 0) is 25.0 Å². The molecule has 0 aliphatic carbocycles. The number of hydrogen-bond donors (Lipinski definition) is 0. The molecule has 0 spiro atoms. The quantitative estimate of drug-likeness (QED) is 0.290. The summed E-state index contributed by atoms with van der Waals surface area (Å²) >= 11 is 0. The van der Waals surface area contributed by atoms with Gasteiger partial charge in [-0.2, -0.15) is 0 Å². The van der Waals surface area contributed by atoms with E-state index in [1.807, 2.05) is 6.92 Å². The second-order valence-corrected chi connectivity index (χ2v) is 6.02. The van der Waals surface area contributed by atoms with Gasteiger partial charge in [0.1, 0.15) is 0 Å². The maximum atomic E-state index is 11.9. The first-order valence-corrected chi connectivity index (χ1v) is 9.17. The molecule has 4 nitrogen and oxygen atoms in total. The van der Waals surface area contributed by atoms with E-state index < -0.39 is 0 Å². The summed E-state index contributed by atoms with van der Waals surface area (Å²) in [4.78, 5) is 23.7. The topological polar surface area (TPSA) is 52.6 Å². The van der Waals surface area contributed by atoms with Gasteiger partial charge in [0.15, 0.2) is 11.5 Å². The van der Waals surface area contributed by atoms with Gasteiger partial charge in [0.25, 0.3) is 0 Å². The molecule has 0 aliphatic heterocycles. The molecule has 0 atom stereocenters. The summed E-state index contributed by atoms with van der Waals surface area (Å²) in [5, 5.41) is 0. The fraction of sp³-hybridized carbons (Fsp3) is 0.600. The Balaban J connectivity index is 2.40. The van der Waals surface area contributed by atoms with Crippen LogP contribution in [0.4, 0.5) is 0 Å². The standard InChI is InChI=1S/C20H30O4/c1-3-5-7-8-9-10-16-20(22)24-18-14-12-11-13-17(18)23-19(21)15-6-4-2/h11-14H,3-10,15-16H2,1-2H3. The molecule has 0 radical (unpaired) electrons. The summed E-state index contributed by atoms with van der Waals surface area (Å²) in [6, 6.07) is 6.82. The zero-order valence-corrected chi connectivity index (χ0v) is 15.0. The summed E-state index contributed by atoms with van der Waals surface area (Å²) in [6.45, 7) is 4.20. The highest BCUT2D eigenvalue weighted by atomic mass is 16.6. The van der Waals surface area contributed by atoms with Gasteiger partial charge in [0, 0.05) is 12.8 Å². The van der Waals surface area contributed by atoms with Gasteiger partial charge < -0.3 is 9.47 Å². The molecule has 0 saturated heterocycles. The van der Waals surface area contributed by atoms with Gasteiger partial charge in [-0.3, -0.25) is 9.59 Å². The molecule has 1 aromatic rings. The van der Waals surface area contributed by atoms with Crippen LogP contribution < -0.4 is 9.47 Å². The average molecular weight is 334 g/mol. The summed E-state index contributed by atoms with van der Waals surface area (Å²) in [5.74, 6) is 0.0621. The molecule has 1 rings (SSSR count). The van der Waals surface area contributed by atoms with Crippen LogP contribution in [0.3, 0.4) is 0 Å². The van der Waals surface area contributed by atoms with Gasteiger partial charge in [-0.25, -0.2) is 0 Å². The lowest BCUT2D eigenvalue weighted by molar-refractivity contribution is -0.137. The lowest BCUT2D eigenvalue weighted by Crippen LogP contribution is -2.11. The van der Waals surface area contributed by atoms with E-state index in [-0.39, 0.29) is 11.9 Å². The normalized spacial score (nSPS) is 10.4. The summed E-state index contributed by atoms with van der Waals surface area (Å²) < 4.78 is 10.7. The third kappa shape index (κ3) is 8.70. The van der Waals surface area contributed by atoms with Crippen molar-refractivity contribution in [1.29, 1.82) is 0 Å². The number of para-hydroxylation sites is 2. The van der Waals surface area contributed by atoms with Crippen molar-refractivity contribution in [2.75, 3.05) is 0 Å². The molecular formula is C20H30O4. The molecule has 0 aliphatic rings. The minimum absolute atomic E-state index is 0.275. The minimum atomic E-state index is -0.295. The highest BCUT2D eigenvalue weighted by Crippen LogP contribution is 2.27. The molecule has 0 N–H and O–H groups in total. The summed E-state index contributed by atoms with van der Waals surface area (Å²) in [7, 11) is 0. The number of hydrogen-bond acceptors (Lipinski definition) is 4. The Morgan fingerprint density at radius 2 is 1.17 bits per heavy atom. The number of ether oxygens (including phenoxy) is 2. The zero-order valence-electron chi connectivity index (χ0n) is 15.0. The first-order valence-electron chi connectivity index (χ1n) is 9.17. The van der Waals surface area contributed by atoms with Crippen LogP contribution in [-0.4, -0.2) is 11.9 Å². The van der Waals surface area contributed by atoms with Gasteiger partial charge in [-0.1, -0.05) is 64.5 Å². The fourth-order valence-electron chi connectivity index (χ4n) is 2.34. The third-order valence-electron chi connectivity index (χ3n) is 3.77. The van der Waals surface area contributed by atoms with E-state index in [2.05, 4.69) is 6.92 Å². The number of carbonyl (C=O) groups excluding carboxylic acids is 2. The molecule has 0 unspecified atom stereocenters. The molecule has 134 valence electrons. The molecule has 0 fully saturated rings. The van der Waals surface area contributed by atoms with Gasteiger partial charge in [-0.15, -0.1) is 0 Å². The van der Waals surface area contributed by atoms with E-state index in [0.717, 1.165) is 32.1 Å². The largest absolute Gasteiger partial charge is 0.423 e. The second kappa shape index (κ2) is 12.6. The summed E-state index contributed by atoms with van der Waals surface area (Å²) in [6.07, 6.45) is 9.22. The van der Waals surface area contributed by atoms with Crippen LogP contribution in [0.25, 0.3) is 0 Å². The van der Waals surface area contributed by atoms with E-state index in [4.69, 9.17) is 9.47 Å². The SMILES string of the molecule is CCCCCCCCC(=O)Oc1ccccc1OC(=O)CCCC. The number of unbranched alkanes of at least 4 members (excludes halogenated alkanes) is 6. The number of benzene rings is 1. The van der Waals surface area contributed by atoms with E-state index in [1.165, 1.54) is 19.3 Å². The third-order valence-corrected chi connectivity index (χ3v) is 3.77. The zero-order chi connectivity index (χ0) is 17.6. The van der Waals surface area contributed by atoms with Gasteiger partial charge in [0.05, 0.1) is 0 Å². The Morgan fingerprint density at radius 1 is 0.708 bits per heavy atom. The van der Waals surface area contributed by atoms with Crippen molar-refractivity contribution < 1.29 is 19.1 Å². The molecule has 24 heavy (non-hydrogen) atoms. The van der Waals surface area contributed by atoms with Crippen LogP contribution in [-0.2, 0) is 9.59 Å². The molecule has 0 heterocycles. The van der Waals surface area contributed by atoms with Crippen LogP contribution in [0.15, 0.2) is 24.3 Å². The van der Waals surface area contributed by atoms with E-state index >= 15 is 0 Å². The van der Waals surface area contributed by atoms with Gasteiger partial charge >= 0.3 is 11.9 Å². The molecular weight excluding hydrogens is 304 g/mol. The smallest absolute Gasteiger partial charge is 0.311 e. The van der Waals surface area contributed by atoms with Crippen LogP contribution in [0.1, 0.15) is 78.1 Å². The second-order valence-electron chi connectivity index (χ2n) is 6.02. The van der Waals surface area contributed by atoms with Crippen molar-refractivity contribution in [1.82, 2.24) is 0 Å². The number of rotatable bonds is 12. The predicted molar refractivity (Wildman–Crippen MR) is 95.2 cm³/mol. The Morgan fingerprint density at radius 3 is 1.71 bits per heavy atom. The van der Waals surface area contributed by atoms with Crippen molar-refractivity contribution in [2.24, 2.45) is 0 Å². The van der Waals surface area contributed by atoms with Crippen molar-refractivity contribution in [2.45, 2.75) is 78.1 Å². The summed E-state index contributed by atoms with van der Waals surface area (Å²) in [5.41, 5.74) is 0.